The Labute approximate surface area is 101 Å². The second-order valence-corrected chi connectivity index (χ2v) is 3.67. The molecule has 1 amide bonds. The first kappa shape index (κ1) is 12.7. The van der Waals surface area contributed by atoms with E-state index in [0.717, 1.165) is 11.1 Å². The van der Waals surface area contributed by atoms with Crippen molar-refractivity contribution in [1.82, 2.24) is 4.90 Å². The van der Waals surface area contributed by atoms with Gasteiger partial charge in [-0.05, 0) is 18.1 Å². The Kier molecular flexibility index (Phi) is 4.72. The molecule has 4 heteroatoms. The highest BCUT2D eigenvalue weighted by molar-refractivity contribution is 5.79. The molecule has 1 aromatic carbocycles. The van der Waals surface area contributed by atoms with Crippen molar-refractivity contribution in [3.63, 3.8) is 0 Å². The van der Waals surface area contributed by atoms with E-state index in [1.54, 1.807) is 0 Å². The van der Waals surface area contributed by atoms with Gasteiger partial charge in [0.2, 0.25) is 5.91 Å². The molecule has 0 saturated heterocycles. The molecule has 0 aliphatic rings. The highest BCUT2D eigenvalue weighted by atomic mass is 16.2. The van der Waals surface area contributed by atoms with Gasteiger partial charge in [-0.2, -0.15) is 10.5 Å². The summed E-state index contributed by atoms with van der Waals surface area (Å²) in [5.41, 5.74) is 1.97. The van der Waals surface area contributed by atoms with Crippen LogP contribution >= 0.6 is 0 Å². The second kappa shape index (κ2) is 6.30. The van der Waals surface area contributed by atoms with E-state index < -0.39 is 0 Å². The summed E-state index contributed by atoms with van der Waals surface area (Å²) in [6, 6.07) is 11.4. The van der Waals surface area contributed by atoms with E-state index in [2.05, 4.69) is 0 Å². The molecule has 0 aliphatic heterocycles. The quantitative estimate of drug-likeness (QED) is 0.730. The van der Waals surface area contributed by atoms with E-state index in [1.807, 2.05) is 43.3 Å². The molecule has 1 aromatic rings. The number of carbonyl (C=O) groups excluding carboxylic acids is 1. The lowest BCUT2D eigenvalue weighted by Crippen LogP contribution is -2.33. The highest BCUT2D eigenvalue weighted by Gasteiger charge is 2.13. The zero-order valence-corrected chi connectivity index (χ0v) is 9.68. The van der Waals surface area contributed by atoms with Crippen LogP contribution in [0.3, 0.4) is 0 Å². The molecule has 86 valence electrons. The smallest absolute Gasteiger partial charge is 0.228 e. The van der Waals surface area contributed by atoms with Crippen LogP contribution in [0, 0.1) is 29.6 Å². The van der Waals surface area contributed by atoms with Gasteiger partial charge < -0.3 is 4.90 Å². The van der Waals surface area contributed by atoms with Crippen LogP contribution in [0.2, 0.25) is 0 Å². The fourth-order valence-electron chi connectivity index (χ4n) is 1.49. The van der Waals surface area contributed by atoms with Crippen LogP contribution in [0.15, 0.2) is 24.3 Å². The second-order valence-electron chi connectivity index (χ2n) is 3.67. The number of hydrogen-bond donors (Lipinski definition) is 0. The fraction of sp³-hybridized carbons (Fsp3) is 0.308. The lowest BCUT2D eigenvalue weighted by Gasteiger charge is -2.16. The van der Waals surface area contributed by atoms with Gasteiger partial charge in [-0.3, -0.25) is 4.79 Å². The highest BCUT2D eigenvalue weighted by Crippen LogP contribution is 2.09. The number of nitriles is 2. The first-order valence-electron chi connectivity index (χ1n) is 5.25. The summed E-state index contributed by atoms with van der Waals surface area (Å²) in [5.74, 6) is -0.192. The number of amides is 1. The Morgan fingerprint density at radius 2 is 1.82 bits per heavy atom. The minimum absolute atomic E-state index is 0.0434. The molecule has 0 N–H and O–H groups in total. The molecule has 0 aromatic heterocycles. The number of nitrogens with zero attached hydrogens (tertiary/aromatic N) is 3. The van der Waals surface area contributed by atoms with Gasteiger partial charge in [-0.25, -0.2) is 0 Å². The van der Waals surface area contributed by atoms with Crippen LogP contribution < -0.4 is 0 Å². The predicted octanol–water partition coefficient (Wildman–Crippen LogP) is 1.41. The molecule has 4 nitrogen and oxygen atoms in total. The number of hydrogen-bond acceptors (Lipinski definition) is 3. The van der Waals surface area contributed by atoms with Crippen molar-refractivity contribution in [2.45, 2.75) is 13.3 Å². The Bertz CT molecular complexity index is 466. The minimum atomic E-state index is -0.192. The summed E-state index contributed by atoms with van der Waals surface area (Å²) < 4.78 is 0. The topological polar surface area (TPSA) is 67.9 Å². The summed E-state index contributed by atoms with van der Waals surface area (Å²) in [6.45, 7) is 1.85. The molecule has 0 radical (unpaired) electrons. The summed E-state index contributed by atoms with van der Waals surface area (Å²) in [6.07, 6.45) is 0.232. The van der Waals surface area contributed by atoms with Crippen LogP contribution in [0.1, 0.15) is 11.1 Å². The van der Waals surface area contributed by atoms with Gasteiger partial charge in [0.1, 0.15) is 13.1 Å². The first-order valence-corrected chi connectivity index (χ1v) is 5.25. The van der Waals surface area contributed by atoms with E-state index in [9.17, 15) is 4.79 Å². The van der Waals surface area contributed by atoms with Crippen molar-refractivity contribution in [2.24, 2.45) is 0 Å². The van der Waals surface area contributed by atoms with E-state index in [1.165, 1.54) is 4.90 Å². The zero-order valence-electron chi connectivity index (χ0n) is 9.68. The Balaban J connectivity index is 2.75. The maximum Gasteiger partial charge on any atom is 0.228 e. The van der Waals surface area contributed by atoms with Gasteiger partial charge >= 0.3 is 0 Å². The normalized spacial score (nSPS) is 9.12. The lowest BCUT2D eigenvalue weighted by molar-refractivity contribution is -0.129. The number of benzene rings is 1. The number of carbonyl (C=O) groups is 1. The van der Waals surface area contributed by atoms with Gasteiger partial charge in [0, 0.05) is 0 Å². The van der Waals surface area contributed by atoms with Crippen molar-refractivity contribution >= 4 is 5.91 Å². The van der Waals surface area contributed by atoms with E-state index in [-0.39, 0.29) is 25.4 Å². The van der Waals surface area contributed by atoms with Gasteiger partial charge in [-0.1, -0.05) is 24.3 Å². The summed E-state index contributed by atoms with van der Waals surface area (Å²) in [7, 11) is 0. The predicted molar refractivity (Wildman–Crippen MR) is 62.7 cm³/mol. The molecule has 0 fully saturated rings. The molecule has 0 unspecified atom stereocenters. The van der Waals surface area contributed by atoms with E-state index >= 15 is 0 Å². The molecule has 0 heterocycles. The van der Waals surface area contributed by atoms with Crippen molar-refractivity contribution in [1.29, 1.82) is 10.5 Å². The van der Waals surface area contributed by atoms with Crippen molar-refractivity contribution in [3.8, 4) is 12.1 Å². The van der Waals surface area contributed by atoms with Crippen LogP contribution in [0.5, 0.6) is 0 Å². The van der Waals surface area contributed by atoms with Gasteiger partial charge in [-0.15, -0.1) is 0 Å². The summed E-state index contributed by atoms with van der Waals surface area (Å²) in [4.78, 5) is 13.1. The van der Waals surface area contributed by atoms with Crippen molar-refractivity contribution in [2.75, 3.05) is 13.1 Å². The third-order valence-electron chi connectivity index (χ3n) is 2.48. The Morgan fingerprint density at radius 3 is 2.35 bits per heavy atom. The molecule has 0 aliphatic carbocycles. The number of rotatable bonds is 4. The first-order chi connectivity index (χ1) is 8.19. The molecule has 0 atom stereocenters. The van der Waals surface area contributed by atoms with Crippen LogP contribution in [0.4, 0.5) is 0 Å². The van der Waals surface area contributed by atoms with E-state index in [0.29, 0.717) is 0 Å². The fourth-order valence-corrected chi connectivity index (χ4v) is 1.49. The Hall–Kier alpha value is -2.33. The molecular weight excluding hydrogens is 214 g/mol. The van der Waals surface area contributed by atoms with Crippen LogP contribution in [-0.4, -0.2) is 23.9 Å². The third kappa shape index (κ3) is 3.62. The summed E-state index contributed by atoms with van der Waals surface area (Å²) in [5, 5.41) is 17.2. The zero-order chi connectivity index (χ0) is 12.7. The minimum Gasteiger partial charge on any atom is -0.316 e. The molecular formula is C13H13N3O. The Morgan fingerprint density at radius 1 is 1.24 bits per heavy atom. The monoisotopic (exact) mass is 227 g/mol. The average Bonchev–Trinajstić information content (AvgIpc) is 2.32. The van der Waals surface area contributed by atoms with Gasteiger partial charge in [0.25, 0.3) is 0 Å². The van der Waals surface area contributed by atoms with Gasteiger partial charge in [0.15, 0.2) is 0 Å². The SMILES string of the molecule is Cc1ccccc1CC(=O)N(CC#N)CC#N. The van der Waals surface area contributed by atoms with Crippen molar-refractivity contribution in [3.05, 3.63) is 35.4 Å². The largest absolute Gasteiger partial charge is 0.316 e. The lowest BCUT2D eigenvalue weighted by atomic mass is 10.1. The number of aryl methyl sites for hydroxylation is 1. The molecule has 1 rings (SSSR count). The standard InChI is InChI=1S/C13H13N3O/c1-11-4-2-3-5-12(11)10-13(17)16(8-6-14)9-7-15/h2-5H,8-10H2,1H3. The van der Waals surface area contributed by atoms with Crippen LogP contribution in [-0.2, 0) is 11.2 Å². The van der Waals surface area contributed by atoms with Crippen LogP contribution in [0.25, 0.3) is 0 Å². The van der Waals surface area contributed by atoms with Gasteiger partial charge in [0.05, 0.1) is 18.6 Å². The molecule has 0 saturated carbocycles. The third-order valence-corrected chi connectivity index (χ3v) is 2.48. The average molecular weight is 227 g/mol. The summed E-state index contributed by atoms with van der Waals surface area (Å²) >= 11 is 0. The molecule has 17 heavy (non-hydrogen) atoms. The maximum absolute atomic E-state index is 11.9. The van der Waals surface area contributed by atoms with Crippen molar-refractivity contribution < 1.29 is 4.79 Å². The maximum atomic E-state index is 11.9. The molecule has 0 bridgehead atoms. The van der Waals surface area contributed by atoms with E-state index in [4.69, 9.17) is 10.5 Å². The molecule has 0 spiro atoms.